The minimum atomic E-state index is -0.337. The van der Waals surface area contributed by atoms with Gasteiger partial charge in [0.1, 0.15) is 17.1 Å². The smallest absolute Gasteiger partial charge is 0.230 e. The van der Waals surface area contributed by atoms with Crippen molar-refractivity contribution < 1.29 is 14.3 Å². The molecule has 0 aliphatic carbocycles. The van der Waals surface area contributed by atoms with E-state index in [1.54, 1.807) is 18.9 Å². The maximum atomic E-state index is 12.5. The van der Waals surface area contributed by atoms with Gasteiger partial charge in [-0.25, -0.2) is 0 Å². The first kappa shape index (κ1) is 19.9. The van der Waals surface area contributed by atoms with Gasteiger partial charge in [0, 0.05) is 22.8 Å². The summed E-state index contributed by atoms with van der Waals surface area (Å²) in [5.41, 5.74) is 1.78. The molecule has 1 N–H and O–H groups in total. The zero-order valence-corrected chi connectivity index (χ0v) is 17.3. The monoisotopic (exact) mass is 405 g/mol. The Hall–Kier alpha value is -1.85. The van der Waals surface area contributed by atoms with Crippen molar-refractivity contribution in [1.29, 1.82) is 0 Å². The van der Waals surface area contributed by atoms with Gasteiger partial charge in [0.2, 0.25) is 5.91 Å². The van der Waals surface area contributed by atoms with Crippen LogP contribution in [0.5, 0.6) is 11.5 Å². The molecule has 0 spiro atoms. The minimum absolute atomic E-state index is 0.0189. The Morgan fingerprint density at radius 3 is 2.74 bits per heavy atom. The summed E-state index contributed by atoms with van der Waals surface area (Å²) in [6, 6.07) is 13.3. The molecule has 6 heteroatoms. The van der Waals surface area contributed by atoms with Gasteiger partial charge in [-0.2, -0.15) is 0 Å². The molecule has 4 nitrogen and oxygen atoms in total. The van der Waals surface area contributed by atoms with Gasteiger partial charge in [-0.05, 0) is 49.7 Å². The molecule has 2 aromatic carbocycles. The molecule has 0 saturated heterocycles. The van der Waals surface area contributed by atoms with Crippen molar-refractivity contribution in [3.63, 3.8) is 0 Å². The van der Waals surface area contributed by atoms with Crippen LogP contribution >= 0.6 is 23.4 Å². The lowest BCUT2D eigenvalue weighted by molar-refractivity contribution is -0.119. The molecule has 0 fully saturated rings. The molecule has 1 atom stereocenters. The number of hydrogen-bond acceptors (Lipinski definition) is 4. The van der Waals surface area contributed by atoms with Gasteiger partial charge in [-0.1, -0.05) is 23.7 Å². The molecule has 2 aromatic rings. The first-order chi connectivity index (χ1) is 12.9. The van der Waals surface area contributed by atoms with Crippen molar-refractivity contribution in [3.05, 3.63) is 58.6 Å². The predicted molar refractivity (Wildman–Crippen MR) is 111 cm³/mol. The van der Waals surface area contributed by atoms with Gasteiger partial charge in [-0.3, -0.25) is 4.79 Å². The second-order valence-corrected chi connectivity index (χ2v) is 8.63. The number of thioether (sulfide) groups is 1. The van der Waals surface area contributed by atoms with E-state index in [-0.39, 0.29) is 17.6 Å². The van der Waals surface area contributed by atoms with E-state index in [1.165, 1.54) is 0 Å². The van der Waals surface area contributed by atoms with Crippen molar-refractivity contribution in [3.8, 4) is 11.5 Å². The molecule has 27 heavy (non-hydrogen) atoms. The van der Waals surface area contributed by atoms with Crippen LogP contribution in [0.15, 0.2) is 42.5 Å². The van der Waals surface area contributed by atoms with Crippen LogP contribution in [0.2, 0.25) is 5.02 Å². The van der Waals surface area contributed by atoms with Crippen molar-refractivity contribution in [2.75, 3.05) is 12.9 Å². The van der Waals surface area contributed by atoms with E-state index in [4.69, 9.17) is 21.1 Å². The maximum Gasteiger partial charge on any atom is 0.230 e. The number of ether oxygens (including phenoxy) is 2. The fraction of sp³-hybridized carbons (Fsp3) is 0.381. The number of fused-ring (bicyclic) bond motifs is 1. The molecular formula is C21H24ClNO3S. The lowest BCUT2D eigenvalue weighted by Crippen LogP contribution is -2.41. The van der Waals surface area contributed by atoms with E-state index < -0.39 is 0 Å². The molecule has 0 aromatic heterocycles. The van der Waals surface area contributed by atoms with Gasteiger partial charge in [0.25, 0.3) is 0 Å². The molecule has 1 aliphatic rings. The van der Waals surface area contributed by atoms with Crippen LogP contribution in [-0.4, -0.2) is 24.4 Å². The first-order valence-electron chi connectivity index (χ1n) is 8.85. The minimum Gasteiger partial charge on any atom is -0.497 e. The number of amides is 1. The summed E-state index contributed by atoms with van der Waals surface area (Å²) >= 11 is 7.49. The second kappa shape index (κ2) is 8.44. The average molecular weight is 406 g/mol. The van der Waals surface area contributed by atoms with Crippen LogP contribution in [0.3, 0.4) is 0 Å². The van der Waals surface area contributed by atoms with E-state index in [9.17, 15) is 4.79 Å². The standard InChI is InChI=1S/C21H24ClNO3S/c1-21(2)11-18(17-10-16(25-3)8-9-19(17)26-21)23-20(24)13-27-12-14-4-6-15(22)7-5-14/h4-10,18H,11-13H2,1-3H3,(H,23,24)/t18-/m0/s1. The fourth-order valence-electron chi connectivity index (χ4n) is 3.17. The number of rotatable bonds is 6. The highest BCUT2D eigenvalue weighted by Crippen LogP contribution is 2.41. The lowest BCUT2D eigenvalue weighted by Gasteiger charge is -2.38. The Labute approximate surface area is 169 Å². The molecule has 1 aliphatic heterocycles. The van der Waals surface area contributed by atoms with Crippen LogP contribution < -0.4 is 14.8 Å². The molecule has 0 bridgehead atoms. The Bertz CT molecular complexity index is 808. The molecule has 0 saturated carbocycles. The van der Waals surface area contributed by atoms with Crippen LogP contribution in [0.4, 0.5) is 0 Å². The SMILES string of the molecule is COc1ccc2c(c1)[C@@H](NC(=O)CSCc1ccc(Cl)cc1)CC(C)(C)O2. The normalized spacial score (nSPS) is 17.6. The zero-order valence-electron chi connectivity index (χ0n) is 15.8. The third kappa shape index (κ3) is 5.33. The third-order valence-corrected chi connectivity index (χ3v) is 5.68. The summed E-state index contributed by atoms with van der Waals surface area (Å²) in [5.74, 6) is 2.75. The third-order valence-electron chi connectivity index (χ3n) is 4.42. The number of methoxy groups -OCH3 is 1. The van der Waals surface area contributed by atoms with Crippen molar-refractivity contribution in [1.82, 2.24) is 5.32 Å². The molecule has 3 rings (SSSR count). The van der Waals surface area contributed by atoms with Gasteiger partial charge in [0.15, 0.2) is 0 Å². The predicted octanol–water partition coefficient (Wildman–Crippen LogP) is 5.00. The molecule has 1 heterocycles. The summed E-state index contributed by atoms with van der Waals surface area (Å²) in [5, 5.41) is 3.88. The zero-order chi connectivity index (χ0) is 19.4. The summed E-state index contributed by atoms with van der Waals surface area (Å²) in [4.78, 5) is 12.5. The molecule has 0 radical (unpaired) electrons. The number of halogens is 1. The van der Waals surface area contributed by atoms with Gasteiger partial charge >= 0.3 is 0 Å². The Morgan fingerprint density at radius 2 is 2.04 bits per heavy atom. The van der Waals surface area contributed by atoms with E-state index in [0.29, 0.717) is 12.2 Å². The highest BCUT2D eigenvalue weighted by atomic mass is 35.5. The second-order valence-electron chi connectivity index (χ2n) is 7.21. The Balaban J connectivity index is 1.62. The quantitative estimate of drug-likeness (QED) is 0.734. The Kier molecular flexibility index (Phi) is 6.22. The van der Waals surface area contributed by atoms with Crippen molar-refractivity contribution in [2.24, 2.45) is 0 Å². The fourth-order valence-corrected chi connectivity index (χ4v) is 4.09. The molecular weight excluding hydrogens is 382 g/mol. The summed E-state index contributed by atoms with van der Waals surface area (Å²) in [7, 11) is 1.64. The number of carbonyl (C=O) groups excluding carboxylic acids is 1. The van der Waals surface area contributed by atoms with Gasteiger partial charge in [0.05, 0.1) is 18.9 Å². The average Bonchev–Trinajstić information content (AvgIpc) is 2.62. The van der Waals surface area contributed by atoms with Crippen LogP contribution in [0.25, 0.3) is 0 Å². The van der Waals surface area contributed by atoms with E-state index in [0.717, 1.165) is 33.4 Å². The summed E-state index contributed by atoms with van der Waals surface area (Å²) in [6.07, 6.45) is 0.709. The maximum absolute atomic E-state index is 12.5. The van der Waals surface area contributed by atoms with E-state index in [2.05, 4.69) is 5.32 Å². The highest BCUT2D eigenvalue weighted by Gasteiger charge is 2.34. The number of carbonyl (C=O) groups is 1. The lowest BCUT2D eigenvalue weighted by atomic mass is 9.89. The van der Waals surface area contributed by atoms with Crippen molar-refractivity contribution in [2.45, 2.75) is 37.7 Å². The molecule has 1 amide bonds. The van der Waals surface area contributed by atoms with E-state index >= 15 is 0 Å². The van der Waals surface area contributed by atoms with Crippen molar-refractivity contribution >= 4 is 29.3 Å². The van der Waals surface area contributed by atoms with Gasteiger partial charge in [-0.15, -0.1) is 11.8 Å². The van der Waals surface area contributed by atoms with E-state index in [1.807, 2.05) is 56.3 Å². The highest BCUT2D eigenvalue weighted by molar-refractivity contribution is 7.99. The van der Waals surface area contributed by atoms with Crippen LogP contribution in [0.1, 0.15) is 37.4 Å². The van der Waals surface area contributed by atoms with Crippen LogP contribution in [-0.2, 0) is 10.5 Å². The largest absolute Gasteiger partial charge is 0.497 e. The Morgan fingerprint density at radius 1 is 1.30 bits per heavy atom. The summed E-state index contributed by atoms with van der Waals surface area (Å²) < 4.78 is 11.4. The summed E-state index contributed by atoms with van der Waals surface area (Å²) in [6.45, 7) is 4.07. The first-order valence-corrected chi connectivity index (χ1v) is 10.4. The number of benzene rings is 2. The van der Waals surface area contributed by atoms with Crippen LogP contribution in [0, 0.1) is 0 Å². The molecule has 144 valence electrons. The van der Waals surface area contributed by atoms with Gasteiger partial charge < -0.3 is 14.8 Å². The number of nitrogens with one attached hydrogen (secondary N) is 1. The molecule has 0 unspecified atom stereocenters. The topological polar surface area (TPSA) is 47.6 Å². The number of hydrogen-bond donors (Lipinski definition) is 1.